The number of amides is 2. The number of rotatable bonds is 14. The topological polar surface area (TPSA) is 114 Å². The second kappa shape index (κ2) is 17.3. The molecule has 0 heterocycles. The molecule has 2 unspecified atom stereocenters. The van der Waals surface area contributed by atoms with Crippen molar-refractivity contribution in [1.29, 1.82) is 0 Å². The minimum atomic E-state index is -0.342. The van der Waals surface area contributed by atoms with Crippen LogP contribution in [-0.2, 0) is 50.9 Å². The molecule has 2 amide bonds. The first-order valence-corrected chi connectivity index (χ1v) is 14.3. The lowest BCUT2D eigenvalue weighted by Crippen LogP contribution is -2.27. The van der Waals surface area contributed by atoms with Gasteiger partial charge in [-0.2, -0.15) is 0 Å². The third-order valence-corrected chi connectivity index (χ3v) is 7.63. The van der Waals surface area contributed by atoms with Gasteiger partial charge >= 0.3 is 0 Å². The molecule has 2 aromatic rings. The Kier molecular flexibility index (Phi) is 13.9. The molecule has 0 spiro atoms. The zero-order valence-electron chi connectivity index (χ0n) is 25.7. The van der Waals surface area contributed by atoms with Crippen LogP contribution in [-0.4, -0.2) is 67.7 Å². The zero-order chi connectivity index (χ0) is 30.5. The van der Waals surface area contributed by atoms with Crippen LogP contribution in [0.2, 0.25) is 0 Å². The number of ether oxygens (including phenoxy) is 6. The summed E-state index contributed by atoms with van der Waals surface area (Å²) in [4.78, 5) is 23.6. The van der Waals surface area contributed by atoms with Crippen molar-refractivity contribution in [1.82, 2.24) is 10.6 Å². The molecule has 10 heteroatoms. The zero-order valence-corrected chi connectivity index (χ0v) is 25.7. The van der Waals surface area contributed by atoms with Crippen molar-refractivity contribution in [2.45, 2.75) is 63.2 Å². The Labute approximate surface area is 249 Å². The molecule has 0 aliphatic heterocycles. The molecule has 2 aromatic carbocycles. The summed E-state index contributed by atoms with van der Waals surface area (Å²) in [6, 6.07) is 12.5. The molecule has 2 atom stereocenters. The molecule has 0 radical (unpaired) electrons. The van der Waals surface area contributed by atoms with Gasteiger partial charge in [0.05, 0.1) is 25.3 Å². The van der Waals surface area contributed by atoms with Crippen molar-refractivity contribution in [3.05, 3.63) is 69.8 Å². The number of benzene rings is 2. The van der Waals surface area contributed by atoms with Crippen molar-refractivity contribution in [2.24, 2.45) is 0 Å². The molecule has 2 N–H and O–H groups in total. The summed E-state index contributed by atoms with van der Waals surface area (Å²) in [5, 5.41) is 6.13. The van der Waals surface area contributed by atoms with Gasteiger partial charge in [0.2, 0.25) is 11.8 Å². The Morgan fingerprint density at radius 3 is 1.38 bits per heavy atom. The summed E-state index contributed by atoms with van der Waals surface area (Å²) in [5.74, 6) is 0.0656. The Morgan fingerprint density at radius 2 is 1.05 bits per heavy atom. The average molecular weight is 587 g/mol. The van der Waals surface area contributed by atoms with Crippen molar-refractivity contribution in [2.75, 3.05) is 55.9 Å². The third kappa shape index (κ3) is 9.07. The highest BCUT2D eigenvalue weighted by Gasteiger charge is 2.26. The van der Waals surface area contributed by atoms with Crippen LogP contribution in [0.4, 0.5) is 0 Å². The Hall–Kier alpha value is -2.86. The molecule has 2 aliphatic rings. The average Bonchev–Trinajstić information content (AvgIpc) is 3.59. The van der Waals surface area contributed by atoms with E-state index < -0.39 is 0 Å². The lowest BCUT2D eigenvalue weighted by molar-refractivity contribution is -0.123. The highest BCUT2D eigenvalue weighted by atomic mass is 16.7. The molecule has 4 rings (SSSR count). The van der Waals surface area contributed by atoms with Gasteiger partial charge in [-0.25, -0.2) is 0 Å². The van der Waals surface area contributed by atoms with Gasteiger partial charge in [0.15, 0.2) is 12.6 Å². The molecule has 232 valence electrons. The van der Waals surface area contributed by atoms with E-state index in [0.717, 1.165) is 36.8 Å². The van der Waals surface area contributed by atoms with Gasteiger partial charge in [-0.05, 0) is 47.9 Å². The number of hydrogen-bond donors (Lipinski definition) is 2. The Balaban J connectivity index is 0.000000230. The van der Waals surface area contributed by atoms with Crippen LogP contribution >= 0.6 is 0 Å². The van der Waals surface area contributed by atoms with Crippen LogP contribution in [0.3, 0.4) is 0 Å². The fraction of sp³-hybridized carbons (Fsp3) is 0.562. The molecule has 0 fully saturated rings. The first kappa shape index (κ1) is 33.6. The van der Waals surface area contributed by atoms with Gasteiger partial charge in [-0.3, -0.25) is 9.59 Å². The maximum Gasteiger partial charge on any atom is 0.222 e. The monoisotopic (exact) mass is 586 g/mol. The van der Waals surface area contributed by atoms with Crippen molar-refractivity contribution >= 4 is 11.8 Å². The highest BCUT2D eigenvalue weighted by molar-refractivity contribution is 5.77. The first-order valence-electron chi connectivity index (χ1n) is 14.3. The summed E-state index contributed by atoms with van der Waals surface area (Å²) in [7, 11) is 9.70. The minimum absolute atomic E-state index is 0.0328. The maximum atomic E-state index is 11.8. The second-order valence-electron chi connectivity index (χ2n) is 10.3. The van der Waals surface area contributed by atoms with Gasteiger partial charge in [-0.15, -0.1) is 0 Å². The van der Waals surface area contributed by atoms with Crippen LogP contribution in [0, 0.1) is 0 Å². The lowest BCUT2D eigenvalue weighted by atomic mass is 10.0. The molecule has 0 saturated carbocycles. The lowest BCUT2D eigenvalue weighted by Gasteiger charge is -2.17. The van der Waals surface area contributed by atoms with E-state index in [-0.39, 0.29) is 36.5 Å². The summed E-state index contributed by atoms with van der Waals surface area (Å²) < 4.78 is 30.9. The van der Waals surface area contributed by atoms with E-state index in [9.17, 15) is 9.59 Å². The molecule has 0 aromatic heterocycles. The van der Waals surface area contributed by atoms with E-state index in [0.29, 0.717) is 26.1 Å². The maximum absolute atomic E-state index is 11.8. The summed E-state index contributed by atoms with van der Waals surface area (Å²) in [5.41, 5.74) is 6.90. The van der Waals surface area contributed by atoms with Gasteiger partial charge in [0, 0.05) is 66.6 Å². The highest BCUT2D eigenvalue weighted by Crippen LogP contribution is 2.34. The standard InChI is InChI=1S/2C16H23NO4/c2*1-19-9-8-15(18)17-14-7-5-11-10-12(4-6-13(11)14)16(20-2)21-3/h2*4,6,10,14,16H,5,7-9H2,1-3H3,(H,17,18). The molecule has 42 heavy (non-hydrogen) atoms. The number of fused-ring (bicyclic) bond motifs is 2. The number of carbonyl (C=O) groups is 2. The molecule has 0 saturated heterocycles. The fourth-order valence-electron chi connectivity index (χ4n) is 5.53. The van der Waals surface area contributed by atoms with Gasteiger partial charge < -0.3 is 39.1 Å². The third-order valence-electron chi connectivity index (χ3n) is 7.63. The van der Waals surface area contributed by atoms with Crippen LogP contribution in [0.15, 0.2) is 36.4 Å². The van der Waals surface area contributed by atoms with Crippen LogP contribution in [0.5, 0.6) is 0 Å². The van der Waals surface area contributed by atoms with Crippen molar-refractivity contribution in [3.8, 4) is 0 Å². The number of nitrogens with one attached hydrogen (secondary N) is 2. The number of methoxy groups -OCH3 is 6. The summed E-state index contributed by atoms with van der Waals surface area (Å²) >= 11 is 0. The molecule has 0 bridgehead atoms. The van der Waals surface area contributed by atoms with E-state index >= 15 is 0 Å². The van der Waals surface area contributed by atoms with E-state index in [1.807, 2.05) is 12.1 Å². The summed E-state index contributed by atoms with van der Waals surface area (Å²) in [6.45, 7) is 0.904. The Bertz CT molecular complexity index is 1060. The normalized spacial score (nSPS) is 17.0. The van der Waals surface area contributed by atoms with Gasteiger partial charge in [0.25, 0.3) is 0 Å². The molecule has 2 aliphatic carbocycles. The largest absolute Gasteiger partial charge is 0.384 e. The quantitative estimate of drug-likeness (QED) is 0.316. The van der Waals surface area contributed by atoms with E-state index in [4.69, 9.17) is 28.4 Å². The predicted molar refractivity (Wildman–Crippen MR) is 158 cm³/mol. The van der Waals surface area contributed by atoms with Crippen molar-refractivity contribution < 1.29 is 38.0 Å². The molecular formula is C32H46N2O8. The van der Waals surface area contributed by atoms with E-state index in [1.54, 1.807) is 42.7 Å². The summed E-state index contributed by atoms with van der Waals surface area (Å²) in [6.07, 6.45) is 3.89. The minimum Gasteiger partial charge on any atom is -0.384 e. The van der Waals surface area contributed by atoms with Gasteiger partial charge in [0.1, 0.15) is 0 Å². The van der Waals surface area contributed by atoms with Crippen molar-refractivity contribution in [3.63, 3.8) is 0 Å². The van der Waals surface area contributed by atoms with Crippen LogP contribution in [0.25, 0.3) is 0 Å². The van der Waals surface area contributed by atoms with Gasteiger partial charge in [-0.1, -0.05) is 36.4 Å². The van der Waals surface area contributed by atoms with E-state index in [2.05, 4.69) is 34.9 Å². The molecular weight excluding hydrogens is 540 g/mol. The fourth-order valence-corrected chi connectivity index (χ4v) is 5.53. The first-order chi connectivity index (χ1) is 20.4. The molecule has 10 nitrogen and oxygen atoms in total. The number of hydrogen-bond acceptors (Lipinski definition) is 8. The number of carbonyl (C=O) groups excluding carboxylic acids is 2. The predicted octanol–water partition coefficient (Wildman–Crippen LogP) is 4.24. The SMILES string of the molecule is COCCC(=O)NC1CCc2cc(C(OC)OC)ccc21.COCCC(=O)NC1CCc2cc(C(OC)OC)ccc21. The second-order valence-corrected chi connectivity index (χ2v) is 10.3. The number of aryl methyl sites for hydroxylation is 2. The Morgan fingerprint density at radius 1 is 0.667 bits per heavy atom. The smallest absolute Gasteiger partial charge is 0.222 e. The van der Waals surface area contributed by atoms with E-state index in [1.165, 1.54) is 22.3 Å². The van der Waals surface area contributed by atoms with Crippen LogP contribution < -0.4 is 10.6 Å². The van der Waals surface area contributed by atoms with Crippen LogP contribution in [0.1, 0.15) is 83.7 Å².